The fourth-order valence-electron chi connectivity index (χ4n) is 6.61. The van der Waals surface area contributed by atoms with Crippen LogP contribution in [0.2, 0.25) is 0 Å². The molecule has 3 aliphatic rings. The molecule has 6 heteroatoms. The smallest absolute Gasteiger partial charge is 0.409 e. The van der Waals surface area contributed by atoms with Gasteiger partial charge in [0, 0.05) is 31.6 Å². The van der Waals surface area contributed by atoms with E-state index in [1.807, 2.05) is 4.90 Å². The molecule has 4 rings (SSSR count). The van der Waals surface area contributed by atoms with Crippen LogP contribution in [0.25, 0.3) is 0 Å². The van der Waals surface area contributed by atoms with Gasteiger partial charge in [-0.3, -0.25) is 0 Å². The molecule has 2 aliphatic carbocycles. The summed E-state index contributed by atoms with van der Waals surface area (Å²) in [5.41, 5.74) is 2.48. The van der Waals surface area contributed by atoms with Gasteiger partial charge in [-0.15, -0.1) is 0 Å². The maximum atomic E-state index is 12.7. The van der Waals surface area contributed by atoms with E-state index in [0.717, 1.165) is 19.3 Å². The topological polar surface area (TPSA) is 70.7 Å². The highest BCUT2D eigenvalue weighted by Gasteiger charge is 2.54. The molecule has 1 aromatic carbocycles. The minimum absolute atomic E-state index is 0.111. The summed E-state index contributed by atoms with van der Waals surface area (Å²) in [5, 5.41) is 5.97. The van der Waals surface area contributed by atoms with Crippen molar-refractivity contribution in [2.45, 2.75) is 69.4 Å². The van der Waals surface area contributed by atoms with Crippen LogP contribution in [0.15, 0.2) is 24.3 Å². The van der Waals surface area contributed by atoms with Crippen LogP contribution < -0.4 is 10.6 Å². The number of methoxy groups -OCH3 is 1. The fourth-order valence-corrected chi connectivity index (χ4v) is 6.61. The summed E-state index contributed by atoms with van der Waals surface area (Å²) in [7, 11) is 3.14. The molecule has 1 heterocycles. The van der Waals surface area contributed by atoms with Crippen molar-refractivity contribution in [2.75, 3.05) is 20.7 Å². The van der Waals surface area contributed by atoms with Gasteiger partial charge < -0.3 is 20.3 Å². The number of amides is 3. The highest BCUT2D eigenvalue weighted by Crippen LogP contribution is 2.54. The van der Waals surface area contributed by atoms with Crippen molar-refractivity contribution in [2.24, 2.45) is 11.8 Å². The van der Waals surface area contributed by atoms with E-state index in [4.69, 9.17) is 4.74 Å². The average molecular weight is 414 g/mol. The van der Waals surface area contributed by atoms with Crippen LogP contribution in [-0.2, 0) is 16.7 Å². The lowest BCUT2D eigenvalue weighted by Gasteiger charge is -2.54. The molecule has 3 amide bonds. The molecule has 3 atom stereocenters. The Balaban J connectivity index is 1.82. The van der Waals surface area contributed by atoms with E-state index in [0.29, 0.717) is 24.9 Å². The largest absolute Gasteiger partial charge is 0.453 e. The third-order valence-corrected chi connectivity index (χ3v) is 7.82. The summed E-state index contributed by atoms with van der Waals surface area (Å²) in [4.78, 5) is 26.8. The first kappa shape index (κ1) is 21.0. The van der Waals surface area contributed by atoms with Crippen LogP contribution in [0.1, 0.15) is 62.5 Å². The Hall–Kier alpha value is -2.24. The molecule has 164 valence electrons. The molecule has 6 nitrogen and oxygen atoms in total. The Morgan fingerprint density at radius 1 is 1.07 bits per heavy atom. The third-order valence-electron chi connectivity index (χ3n) is 7.82. The van der Waals surface area contributed by atoms with E-state index < -0.39 is 0 Å². The van der Waals surface area contributed by atoms with E-state index in [1.165, 1.54) is 50.3 Å². The number of hydrogen-bond donors (Lipinski definition) is 2. The number of urea groups is 1. The van der Waals surface area contributed by atoms with Gasteiger partial charge in [0.15, 0.2) is 0 Å². The number of fused-ring (bicyclic) bond motifs is 1. The van der Waals surface area contributed by atoms with Gasteiger partial charge in [-0.25, -0.2) is 9.59 Å². The Kier molecular flexibility index (Phi) is 6.21. The van der Waals surface area contributed by atoms with Crippen LogP contribution in [0.3, 0.4) is 0 Å². The number of ether oxygens (including phenoxy) is 1. The van der Waals surface area contributed by atoms with Gasteiger partial charge in [0.2, 0.25) is 0 Å². The number of hydrogen-bond acceptors (Lipinski definition) is 3. The zero-order valence-electron chi connectivity index (χ0n) is 18.3. The van der Waals surface area contributed by atoms with Crippen LogP contribution in [0, 0.1) is 11.8 Å². The number of rotatable bonds is 3. The van der Waals surface area contributed by atoms with Crippen molar-refractivity contribution in [3.8, 4) is 0 Å². The average Bonchev–Trinajstić information content (AvgIpc) is 3.26. The summed E-state index contributed by atoms with van der Waals surface area (Å²) < 4.78 is 5.16. The van der Waals surface area contributed by atoms with Crippen LogP contribution in [-0.4, -0.2) is 43.8 Å². The number of nitrogens with zero attached hydrogens (tertiary/aromatic N) is 1. The van der Waals surface area contributed by atoms with Crippen molar-refractivity contribution < 1.29 is 14.3 Å². The van der Waals surface area contributed by atoms with E-state index >= 15 is 0 Å². The lowest BCUT2D eigenvalue weighted by molar-refractivity contribution is 0.0421. The molecule has 1 aromatic rings. The van der Waals surface area contributed by atoms with Gasteiger partial charge in [0.1, 0.15) is 0 Å². The molecule has 2 N–H and O–H groups in total. The van der Waals surface area contributed by atoms with Crippen LogP contribution in [0.5, 0.6) is 0 Å². The van der Waals surface area contributed by atoms with Crippen molar-refractivity contribution in [3.63, 3.8) is 0 Å². The van der Waals surface area contributed by atoms with Gasteiger partial charge in [0.25, 0.3) is 0 Å². The molecule has 0 aromatic heterocycles. The molecule has 1 aliphatic heterocycles. The second kappa shape index (κ2) is 8.86. The molecule has 30 heavy (non-hydrogen) atoms. The van der Waals surface area contributed by atoms with E-state index in [1.54, 1.807) is 7.05 Å². The monoisotopic (exact) mass is 413 g/mol. The molecule has 0 spiro atoms. The van der Waals surface area contributed by atoms with Crippen molar-refractivity contribution in [1.29, 1.82) is 0 Å². The molecule has 0 saturated heterocycles. The van der Waals surface area contributed by atoms with E-state index in [9.17, 15) is 9.59 Å². The lowest BCUT2D eigenvalue weighted by Crippen LogP contribution is -2.59. The lowest BCUT2D eigenvalue weighted by atomic mass is 9.55. The molecular weight excluding hydrogens is 378 g/mol. The zero-order chi connectivity index (χ0) is 21.1. The molecular formula is C24H35N3O3. The zero-order valence-corrected chi connectivity index (χ0v) is 18.3. The van der Waals surface area contributed by atoms with Gasteiger partial charge >= 0.3 is 12.1 Å². The minimum Gasteiger partial charge on any atom is -0.453 e. The summed E-state index contributed by atoms with van der Waals surface area (Å²) in [6.45, 7) is 1.27. The van der Waals surface area contributed by atoms with Crippen molar-refractivity contribution in [3.05, 3.63) is 35.4 Å². The summed E-state index contributed by atoms with van der Waals surface area (Å²) in [6.07, 6.45) is 9.08. The minimum atomic E-state index is -0.251. The van der Waals surface area contributed by atoms with Gasteiger partial charge in [-0.1, -0.05) is 49.9 Å². The Labute approximate surface area is 179 Å². The molecule has 2 fully saturated rings. The van der Waals surface area contributed by atoms with Gasteiger partial charge in [-0.2, -0.15) is 0 Å². The van der Waals surface area contributed by atoms with E-state index in [2.05, 4.69) is 34.9 Å². The van der Waals surface area contributed by atoms with E-state index in [-0.39, 0.29) is 23.6 Å². The maximum Gasteiger partial charge on any atom is 0.409 e. The predicted octanol–water partition coefficient (Wildman–Crippen LogP) is 4.18. The number of nitrogens with one attached hydrogen (secondary N) is 2. The fraction of sp³-hybridized carbons (Fsp3) is 0.667. The van der Waals surface area contributed by atoms with Crippen molar-refractivity contribution in [1.82, 2.24) is 15.5 Å². The van der Waals surface area contributed by atoms with Crippen LogP contribution >= 0.6 is 0 Å². The summed E-state index contributed by atoms with van der Waals surface area (Å²) in [5.74, 6) is 0.823. The Morgan fingerprint density at radius 2 is 1.83 bits per heavy atom. The number of benzene rings is 1. The standard InChI is InChI=1S/C24H35N3O3/c1-25-22(28)26-21-14-8-13-20(21)24(18-10-4-3-5-11-18)16-27(23(29)30-2)15-17-9-6-7-12-19(17)24/h6-7,9,12,18,20-21H,3-5,8,10-11,13-16H2,1-2H3,(H2,25,26,28)/t20-,21-,24?/m0/s1. The second-order valence-corrected chi connectivity index (χ2v) is 9.23. The third kappa shape index (κ3) is 3.65. The quantitative estimate of drug-likeness (QED) is 0.781. The maximum absolute atomic E-state index is 12.7. The summed E-state index contributed by atoms with van der Waals surface area (Å²) >= 11 is 0. The van der Waals surface area contributed by atoms with Gasteiger partial charge in [0.05, 0.1) is 7.11 Å². The van der Waals surface area contributed by atoms with Crippen molar-refractivity contribution >= 4 is 12.1 Å². The number of carbonyl (C=O) groups is 2. The molecule has 2 saturated carbocycles. The molecule has 0 bridgehead atoms. The first-order chi connectivity index (χ1) is 14.6. The number of carbonyl (C=O) groups excluding carboxylic acids is 2. The molecule has 1 unspecified atom stereocenters. The highest BCUT2D eigenvalue weighted by molar-refractivity contribution is 5.74. The normalized spacial score (nSPS) is 29.2. The SMILES string of the molecule is CNC(=O)N[C@H]1CCC[C@@H]1C1(C2CCCCC2)CN(C(=O)OC)Cc2ccccc21. The highest BCUT2D eigenvalue weighted by atomic mass is 16.5. The van der Waals surface area contributed by atoms with Crippen LogP contribution in [0.4, 0.5) is 9.59 Å². The summed E-state index contributed by atoms with van der Waals surface area (Å²) in [6, 6.07) is 8.67. The molecule has 0 radical (unpaired) electrons. The first-order valence-corrected chi connectivity index (χ1v) is 11.5. The Bertz CT molecular complexity index is 777. The van der Waals surface area contributed by atoms with Gasteiger partial charge in [-0.05, 0) is 48.6 Å². The predicted molar refractivity (Wildman–Crippen MR) is 116 cm³/mol. The first-order valence-electron chi connectivity index (χ1n) is 11.5. The second-order valence-electron chi connectivity index (χ2n) is 9.23. The Morgan fingerprint density at radius 3 is 2.57 bits per heavy atom.